The molecule has 45 heavy (non-hydrogen) atoms. The summed E-state index contributed by atoms with van der Waals surface area (Å²) in [6.07, 6.45) is 3.34. The van der Waals surface area contributed by atoms with Gasteiger partial charge in [0.1, 0.15) is 11.5 Å². The monoisotopic (exact) mass is 668 g/mol. The molecular formula is C36H56N2O4SSi2. The predicted octanol–water partition coefficient (Wildman–Crippen LogP) is 9.68. The minimum atomic E-state index is -3.70. The van der Waals surface area contributed by atoms with Crippen LogP contribution in [0.15, 0.2) is 59.5 Å². The molecule has 0 unspecified atom stereocenters. The van der Waals surface area contributed by atoms with Crippen LogP contribution in [0.4, 0.5) is 5.69 Å². The van der Waals surface area contributed by atoms with Crippen LogP contribution in [-0.4, -0.2) is 45.2 Å². The van der Waals surface area contributed by atoms with Gasteiger partial charge in [0.25, 0.3) is 0 Å². The quantitative estimate of drug-likeness (QED) is 0.230. The van der Waals surface area contributed by atoms with Crippen molar-refractivity contribution in [2.45, 2.75) is 120 Å². The molecule has 1 aliphatic rings. The fourth-order valence-corrected chi connectivity index (χ4v) is 9.16. The zero-order valence-corrected chi connectivity index (χ0v) is 32.5. The SMILES string of the molecule is CN(C)c1cccc2c(S(=O)(=O)N[C@H]3CC[C@@H](c4ccc(O[Si](C)(C)C(C)(C)C)cc4O[Si](C)(C)C(C)(C)C)CC3)cccc12. The number of benzene rings is 3. The third-order valence-electron chi connectivity index (χ3n) is 10.5. The highest BCUT2D eigenvalue weighted by atomic mass is 32.2. The lowest BCUT2D eigenvalue weighted by molar-refractivity contribution is 0.367. The second kappa shape index (κ2) is 12.7. The van der Waals surface area contributed by atoms with Crippen molar-refractivity contribution >= 4 is 43.1 Å². The maximum absolute atomic E-state index is 13.7. The van der Waals surface area contributed by atoms with E-state index in [1.165, 1.54) is 5.56 Å². The highest BCUT2D eigenvalue weighted by Crippen LogP contribution is 2.45. The van der Waals surface area contributed by atoms with Crippen molar-refractivity contribution in [3.05, 3.63) is 60.2 Å². The van der Waals surface area contributed by atoms with Crippen LogP contribution in [0.2, 0.25) is 36.3 Å². The molecule has 0 saturated heterocycles. The van der Waals surface area contributed by atoms with Crippen LogP contribution in [0.3, 0.4) is 0 Å². The van der Waals surface area contributed by atoms with Crippen LogP contribution in [0.5, 0.6) is 11.5 Å². The van der Waals surface area contributed by atoms with Crippen molar-refractivity contribution < 1.29 is 17.3 Å². The molecule has 6 nitrogen and oxygen atoms in total. The molecule has 3 aromatic rings. The Morgan fingerprint density at radius 3 is 1.89 bits per heavy atom. The van der Waals surface area contributed by atoms with E-state index in [2.05, 4.69) is 90.7 Å². The smallest absolute Gasteiger partial charge is 0.250 e. The molecule has 3 aromatic carbocycles. The molecule has 0 aliphatic heterocycles. The largest absolute Gasteiger partial charge is 0.543 e. The first-order valence-corrected chi connectivity index (χ1v) is 23.7. The fraction of sp³-hybridized carbons (Fsp3) is 0.556. The number of anilines is 1. The van der Waals surface area contributed by atoms with Gasteiger partial charge in [-0.2, -0.15) is 0 Å². The number of fused-ring (bicyclic) bond motifs is 1. The Kier molecular flexibility index (Phi) is 10.0. The predicted molar refractivity (Wildman–Crippen MR) is 196 cm³/mol. The Morgan fingerprint density at radius 2 is 1.31 bits per heavy atom. The molecule has 0 spiro atoms. The summed E-state index contributed by atoms with van der Waals surface area (Å²) in [7, 11) is -3.88. The summed E-state index contributed by atoms with van der Waals surface area (Å²) >= 11 is 0. The van der Waals surface area contributed by atoms with E-state index in [9.17, 15) is 8.42 Å². The molecular weight excluding hydrogens is 613 g/mol. The lowest BCUT2D eigenvalue weighted by atomic mass is 9.81. The highest BCUT2D eigenvalue weighted by Gasteiger charge is 2.41. The molecule has 0 aromatic heterocycles. The minimum Gasteiger partial charge on any atom is -0.543 e. The van der Waals surface area contributed by atoms with Crippen molar-refractivity contribution in [3.63, 3.8) is 0 Å². The lowest BCUT2D eigenvalue weighted by Crippen LogP contribution is -2.44. The summed E-state index contributed by atoms with van der Waals surface area (Å²) in [5.74, 6) is 2.12. The Bertz CT molecular complexity index is 1610. The maximum Gasteiger partial charge on any atom is 0.250 e. The van der Waals surface area contributed by atoms with Gasteiger partial charge < -0.3 is 13.8 Å². The molecule has 248 valence electrons. The van der Waals surface area contributed by atoms with Crippen molar-refractivity contribution in [1.82, 2.24) is 4.72 Å². The fourth-order valence-electron chi connectivity index (χ4n) is 5.57. The van der Waals surface area contributed by atoms with Gasteiger partial charge in [-0.3, -0.25) is 0 Å². The minimum absolute atomic E-state index is 0.0609. The van der Waals surface area contributed by atoms with Gasteiger partial charge in [0, 0.05) is 42.7 Å². The van der Waals surface area contributed by atoms with Crippen LogP contribution in [-0.2, 0) is 10.0 Å². The number of nitrogens with one attached hydrogen (secondary N) is 1. The lowest BCUT2D eigenvalue weighted by Gasteiger charge is -2.39. The summed E-state index contributed by atoms with van der Waals surface area (Å²) in [5.41, 5.74) is 2.22. The third kappa shape index (κ3) is 7.80. The third-order valence-corrected chi connectivity index (χ3v) is 20.7. The molecule has 9 heteroatoms. The second-order valence-corrected chi connectivity index (χ2v) is 27.2. The topological polar surface area (TPSA) is 67.9 Å². The van der Waals surface area contributed by atoms with Crippen molar-refractivity contribution in [2.75, 3.05) is 19.0 Å². The Balaban J connectivity index is 1.56. The van der Waals surface area contributed by atoms with Crippen LogP contribution < -0.4 is 18.5 Å². The van der Waals surface area contributed by atoms with Gasteiger partial charge in [-0.25, -0.2) is 13.1 Å². The van der Waals surface area contributed by atoms with Gasteiger partial charge in [0.05, 0.1) is 4.90 Å². The maximum atomic E-state index is 13.7. The number of rotatable bonds is 9. The van der Waals surface area contributed by atoms with E-state index in [1.807, 2.05) is 49.3 Å². The van der Waals surface area contributed by atoms with Crippen molar-refractivity contribution in [2.24, 2.45) is 0 Å². The Hall–Kier alpha value is -2.34. The molecule has 4 rings (SSSR count). The zero-order chi connectivity index (χ0) is 33.6. The summed E-state index contributed by atoms with van der Waals surface area (Å²) < 4.78 is 44.2. The van der Waals surface area contributed by atoms with E-state index in [0.29, 0.717) is 10.8 Å². The molecule has 0 amide bonds. The first-order valence-electron chi connectivity index (χ1n) is 16.4. The van der Waals surface area contributed by atoms with Gasteiger partial charge in [-0.05, 0) is 91.6 Å². The number of nitrogens with zero attached hydrogens (tertiary/aromatic N) is 1. The number of sulfonamides is 1. The first-order chi connectivity index (χ1) is 20.6. The second-order valence-electron chi connectivity index (χ2n) is 16.1. The van der Waals surface area contributed by atoms with Crippen molar-refractivity contribution in [3.8, 4) is 11.5 Å². The molecule has 1 saturated carbocycles. The average molecular weight is 669 g/mol. The number of hydrogen-bond donors (Lipinski definition) is 1. The molecule has 1 fully saturated rings. The van der Waals surface area contributed by atoms with Crippen LogP contribution in [0.1, 0.15) is 78.7 Å². The van der Waals surface area contributed by atoms with Gasteiger partial charge in [0.15, 0.2) is 0 Å². The normalized spacial score (nSPS) is 18.6. The molecule has 0 atom stereocenters. The summed E-state index contributed by atoms with van der Waals surface area (Å²) in [6, 6.07) is 17.7. The molecule has 0 bridgehead atoms. The molecule has 0 radical (unpaired) electrons. The number of hydrogen-bond acceptors (Lipinski definition) is 5. The summed E-state index contributed by atoms with van der Waals surface area (Å²) in [4.78, 5) is 2.36. The van der Waals surface area contributed by atoms with Gasteiger partial charge in [0.2, 0.25) is 26.7 Å². The highest BCUT2D eigenvalue weighted by molar-refractivity contribution is 7.89. The summed E-state index contributed by atoms with van der Waals surface area (Å²) in [5, 5.41) is 1.84. The molecule has 0 heterocycles. The van der Waals surface area contributed by atoms with Gasteiger partial charge >= 0.3 is 0 Å². The summed E-state index contributed by atoms with van der Waals surface area (Å²) in [6.45, 7) is 22.7. The van der Waals surface area contributed by atoms with Crippen LogP contribution in [0.25, 0.3) is 10.8 Å². The van der Waals surface area contributed by atoms with E-state index in [-0.39, 0.29) is 16.1 Å². The van der Waals surface area contributed by atoms with Gasteiger partial charge in [-0.15, -0.1) is 0 Å². The van der Waals surface area contributed by atoms with E-state index < -0.39 is 26.7 Å². The molecule has 1 aliphatic carbocycles. The molecule has 1 N–H and O–H groups in total. The Labute approximate surface area is 275 Å². The standard InChI is InChI=1S/C36H56N2O4SSi2/c1-35(2,3)44(9,10)41-28-23-24-29(33(25-28)42-45(11,12)36(4,5)6)26-19-21-27(22-20-26)37-43(39,40)34-18-14-15-30-31(34)16-13-17-32(30)38(7)8/h13-18,23-27,37H,19-22H2,1-12H3/t26-,27+. The van der Waals surface area contributed by atoms with Gasteiger partial charge in [-0.1, -0.05) is 71.9 Å². The van der Waals surface area contributed by atoms with E-state index in [4.69, 9.17) is 8.85 Å². The van der Waals surface area contributed by atoms with E-state index in [1.54, 1.807) is 6.07 Å². The van der Waals surface area contributed by atoms with E-state index in [0.717, 1.165) is 53.6 Å². The Morgan fingerprint density at radius 1 is 0.756 bits per heavy atom. The van der Waals surface area contributed by atoms with Crippen molar-refractivity contribution in [1.29, 1.82) is 0 Å². The van der Waals surface area contributed by atoms with E-state index >= 15 is 0 Å². The van der Waals surface area contributed by atoms with Crippen LogP contribution in [0, 0.1) is 0 Å². The average Bonchev–Trinajstić information content (AvgIpc) is 2.91. The zero-order valence-electron chi connectivity index (χ0n) is 29.7. The first kappa shape index (κ1) is 35.5. The van der Waals surface area contributed by atoms with Crippen LogP contribution >= 0.6 is 0 Å².